The second-order valence-corrected chi connectivity index (χ2v) is 9.24. The van der Waals surface area contributed by atoms with Crippen molar-refractivity contribution >= 4 is 17.8 Å². The van der Waals surface area contributed by atoms with Crippen LogP contribution in [0.5, 0.6) is 0 Å². The number of hydrogen-bond donors (Lipinski definition) is 0. The highest BCUT2D eigenvalue weighted by atomic mass is 16.6. The Morgan fingerprint density at radius 2 is 1.73 bits per heavy atom. The van der Waals surface area contributed by atoms with Crippen LogP contribution in [0.1, 0.15) is 58.1 Å². The van der Waals surface area contributed by atoms with Gasteiger partial charge in [-0.1, -0.05) is 36.2 Å². The van der Waals surface area contributed by atoms with Gasteiger partial charge in [0.25, 0.3) is 0 Å². The number of ether oxygens (including phenoxy) is 1. The summed E-state index contributed by atoms with van der Waals surface area (Å²) < 4.78 is 5.36. The van der Waals surface area contributed by atoms with Gasteiger partial charge < -0.3 is 14.5 Å². The van der Waals surface area contributed by atoms with Gasteiger partial charge in [0, 0.05) is 25.9 Å². The Bertz CT molecular complexity index is 747. The lowest BCUT2D eigenvalue weighted by atomic mass is 9.83. The number of hydrogen-bond acceptors (Lipinski definition) is 4. The van der Waals surface area contributed by atoms with Crippen LogP contribution in [-0.4, -0.2) is 59.4 Å². The van der Waals surface area contributed by atoms with Crippen LogP contribution in [0.3, 0.4) is 0 Å². The van der Waals surface area contributed by atoms with Crippen LogP contribution in [0.15, 0.2) is 24.3 Å². The van der Waals surface area contributed by atoms with E-state index in [0.29, 0.717) is 13.0 Å². The highest BCUT2D eigenvalue weighted by molar-refractivity contribution is 5.90. The molecule has 1 atom stereocenters. The molecule has 0 aromatic heterocycles. The van der Waals surface area contributed by atoms with Crippen LogP contribution in [-0.2, 0) is 25.5 Å². The van der Waals surface area contributed by atoms with Crippen molar-refractivity contribution in [2.75, 3.05) is 20.1 Å². The van der Waals surface area contributed by atoms with Crippen molar-refractivity contribution in [1.82, 2.24) is 9.80 Å². The van der Waals surface area contributed by atoms with Crippen LogP contribution >= 0.6 is 0 Å². The Morgan fingerprint density at radius 1 is 1.13 bits per heavy atom. The summed E-state index contributed by atoms with van der Waals surface area (Å²) in [4.78, 5) is 41.7. The number of nitrogens with zero attached hydrogens (tertiary/aromatic N) is 2. The van der Waals surface area contributed by atoms with Gasteiger partial charge in [-0.05, 0) is 53.0 Å². The molecular formula is C24H36N2O4. The first kappa shape index (κ1) is 23.9. The molecule has 2 rings (SSSR count). The Balaban J connectivity index is 2.21. The molecule has 6 heteroatoms. The maximum Gasteiger partial charge on any atom is 0.326 e. The van der Waals surface area contributed by atoms with Crippen molar-refractivity contribution in [3.63, 3.8) is 0 Å². The largest absolute Gasteiger partial charge is 0.459 e. The van der Waals surface area contributed by atoms with Gasteiger partial charge in [0.05, 0.1) is 0 Å². The second kappa shape index (κ2) is 10.1. The number of esters is 1. The van der Waals surface area contributed by atoms with E-state index >= 15 is 0 Å². The summed E-state index contributed by atoms with van der Waals surface area (Å²) in [6.45, 7) is 9.61. The smallest absolute Gasteiger partial charge is 0.326 e. The maximum absolute atomic E-state index is 13.4. The first-order valence-electron chi connectivity index (χ1n) is 10.8. The molecular weight excluding hydrogens is 380 g/mol. The van der Waals surface area contributed by atoms with Gasteiger partial charge in [-0.15, -0.1) is 0 Å². The molecule has 0 heterocycles. The molecule has 0 N–H and O–H groups in total. The van der Waals surface area contributed by atoms with Gasteiger partial charge in [-0.3, -0.25) is 14.4 Å². The summed E-state index contributed by atoms with van der Waals surface area (Å²) in [6, 6.07) is 7.35. The van der Waals surface area contributed by atoms with Crippen LogP contribution in [0.4, 0.5) is 0 Å². The minimum Gasteiger partial charge on any atom is -0.459 e. The van der Waals surface area contributed by atoms with Crippen molar-refractivity contribution in [1.29, 1.82) is 0 Å². The summed E-state index contributed by atoms with van der Waals surface area (Å²) in [7, 11) is 1.59. The molecule has 0 spiro atoms. The Kier molecular flexibility index (Phi) is 8.04. The van der Waals surface area contributed by atoms with Crippen molar-refractivity contribution in [2.24, 2.45) is 5.92 Å². The molecule has 0 radical (unpaired) electrons. The van der Waals surface area contributed by atoms with Crippen molar-refractivity contribution in [3.05, 3.63) is 35.4 Å². The zero-order chi connectivity index (χ0) is 22.5. The van der Waals surface area contributed by atoms with E-state index in [1.807, 2.05) is 38.1 Å². The summed E-state index contributed by atoms with van der Waals surface area (Å²) in [5.74, 6) is -0.647. The fraction of sp³-hybridized carbons (Fsp3) is 0.625. The minimum atomic E-state index is -0.641. The molecule has 166 valence electrons. The monoisotopic (exact) mass is 416 g/mol. The van der Waals surface area contributed by atoms with Crippen molar-refractivity contribution in [2.45, 2.75) is 71.9 Å². The number of likely N-dealkylation sites (N-methyl/N-ethyl adjacent to an activating group) is 2. The number of aryl methyl sites for hydroxylation is 1. The topological polar surface area (TPSA) is 66.9 Å². The lowest BCUT2D eigenvalue weighted by Crippen LogP contribution is -2.54. The zero-order valence-electron chi connectivity index (χ0n) is 19.2. The molecule has 0 bridgehead atoms. The van der Waals surface area contributed by atoms with Gasteiger partial charge in [-0.25, -0.2) is 0 Å². The number of carbonyl (C=O) groups is 3. The van der Waals surface area contributed by atoms with E-state index in [0.717, 1.165) is 30.4 Å². The van der Waals surface area contributed by atoms with Crippen molar-refractivity contribution < 1.29 is 19.1 Å². The molecule has 1 aromatic rings. The van der Waals surface area contributed by atoms with Crippen LogP contribution < -0.4 is 0 Å². The lowest BCUT2D eigenvalue weighted by molar-refractivity contribution is -0.159. The predicted octanol–water partition coefficient (Wildman–Crippen LogP) is 3.35. The third-order valence-corrected chi connectivity index (χ3v) is 5.45. The lowest BCUT2D eigenvalue weighted by Gasteiger charge is -2.37. The summed E-state index contributed by atoms with van der Waals surface area (Å²) in [6.07, 6.45) is 3.25. The molecule has 6 nitrogen and oxygen atoms in total. The maximum atomic E-state index is 13.4. The molecule has 1 fully saturated rings. The molecule has 1 aliphatic rings. The number of benzene rings is 1. The fourth-order valence-corrected chi connectivity index (χ4v) is 3.60. The zero-order valence-corrected chi connectivity index (χ0v) is 19.2. The fourth-order valence-electron chi connectivity index (χ4n) is 3.60. The molecule has 0 saturated heterocycles. The second-order valence-electron chi connectivity index (χ2n) is 9.24. The molecule has 30 heavy (non-hydrogen) atoms. The quantitative estimate of drug-likeness (QED) is 0.610. The molecule has 1 saturated carbocycles. The Labute approximate surface area is 180 Å². The first-order valence-corrected chi connectivity index (χ1v) is 10.8. The van der Waals surface area contributed by atoms with Gasteiger partial charge in [-0.2, -0.15) is 0 Å². The van der Waals surface area contributed by atoms with E-state index in [1.165, 1.54) is 4.90 Å². The average molecular weight is 417 g/mol. The summed E-state index contributed by atoms with van der Waals surface area (Å²) in [5, 5.41) is 0. The third-order valence-electron chi connectivity index (χ3n) is 5.45. The molecule has 0 unspecified atom stereocenters. The molecule has 1 aromatic carbocycles. The van der Waals surface area contributed by atoms with Crippen LogP contribution in [0, 0.1) is 12.8 Å². The highest BCUT2D eigenvalue weighted by Gasteiger charge is 2.37. The van der Waals surface area contributed by atoms with Crippen molar-refractivity contribution in [3.8, 4) is 0 Å². The minimum absolute atomic E-state index is 0.00873. The Morgan fingerprint density at radius 3 is 2.20 bits per heavy atom. The normalized spacial score (nSPS) is 15.1. The Hall–Kier alpha value is -2.37. The van der Waals surface area contributed by atoms with Crippen LogP contribution in [0.25, 0.3) is 0 Å². The van der Waals surface area contributed by atoms with Gasteiger partial charge in [0.15, 0.2) is 0 Å². The van der Waals surface area contributed by atoms with Gasteiger partial charge in [0.1, 0.15) is 18.2 Å². The standard InChI is InChI=1S/C24H36N2O4/c1-7-26(22(28)19-9-8-10-19)20(15-18-13-11-17(2)12-14-18)23(29)25(6)16-21(27)30-24(3,4)5/h11-14,19-20H,7-10,15-16H2,1-6H3/t20-/m0/s1. The van der Waals surface area contributed by atoms with Gasteiger partial charge in [0.2, 0.25) is 11.8 Å². The number of carbonyl (C=O) groups excluding carboxylic acids is 3. The van der Waals surface area contributed by atoms with Gasteiger partial charge >= 0.3 is 5.97 Å². The number of rotatable bonds is 8. The van der Waals surface area contributed by atoms with E-state index in [4.69, 9.17) is 4.74 Å². The third kappa shape index (κ3) is 6.57. The molecule has 0 aliphatic heterocycles. The summed E-state index contributed by atoms with van der Waals surface area (Å²) >= 11 is 0. The molecule has 2 amide bonds. The van der Waals surface area contributed by atoms with E-state index in [9.17, 15) is 14.4 Å². The van der Waals surface area contributed by atoms with Crippen LogP contribution in [0.2, 0.25) is 0 Å². The first-order chi connectivity index (χ1) is 14.0. The van der Waals surface area contributed by atoms with E-state index in [1.54, 1.807) is 32.7 Å². The van der Waals surface area contributed by atoms with E-state index in [-0.39, 0.29) is 24.3 Å². The highest BCUT2D eigenvalue weighted by Crippen LogP contribution is 2.29. The predicted molar refractivity (Wildman–Crippen MR) is 117 cm³/mol. The SMILES string of the molecule is CCN(C(=O)C1CCC1)[C@@H](Cc1ccc(C)cc1)C(=O)N(C)CC(=O)OC(C)(C)C. The summed E-state index contributed by atoms with van der Waals surface area (Å²) in [5.41, 5.74) is 1.52. The molecule has 1 aliphatic carbocycles. The van der Waals surface area contributed by atoms with E-state index < -0.39 is 17.6 Å². The average Bonchev–Trinajstić information content (AvgIpc) is 2.59. The number of amides is 2. The van der Waals surface area contributed by atoms with E-state index in [2.05, 4.69) is 0 Å².